The highest BCUT2D eigenvalue weighted by Crippen LogP contribution is 2.26. The summed E-state index contributed by atoms with van der Waals surface area (Å²) < 4.78 is 1.93. The van der Waals surface area contributed by atoms with E-state index in [4.69, 9.17) is 0 Å². The molecule has 0 saturated carbocycles. The van der Waals surface area contributed by atoms with E-state index < -0.39 is 0 Å². The highest BCUT2D eigenvalue weighted by Gasteiger charge is 2.15. The first-order valence-corrected chi connectivity index (χ1v) is 7.54. The highest BCUT2D eigenvalue weighted by atomic mass is 79.9. The Morgan fingerprint density at radius 1 is 1.33 bits per heavy atom. The summed E-state index contributed by atoms with van der Waals surface area (Å²) in [6.07, 6.45) is 0.931. The molecule has 2 N–H and O–H groups in total. The fourth-order valence-electron chi connectivity index (χ4n) is 1.38. The lowest BCUT2D eigenvalue weighted by Crippen LogP contribution is -2.41. The van der Waals surface area contributed by atoms with Gasteiger partial charge in [0.25, 0.3) is 0 Å². The van der Waals surface area contributed by atoms with E-state index in [-0.39, 0.29) is 18.0 Å². The molecule has 100 valence electrons. The quantitative estimate of drug-likeness (QED) is 0.816. The van der Waals surface area contributed by atoms with Gasteiger partial charge in [-0.15, -0.1) is 0 Å². The van der Waals surface area contributed by atoms with E-state index in [0.717, 1.165) is 21.1 Å². The van der Waals surface area contributed by atoms with Crippen molar-refractivity contribution in [2.75, 3.05) is 5.32 Å². The van der Waals surface area contributed by atoms with Crippen LogP contribution in [-0.2, 0) is 4.79 Å². The van der Waals surface area contributed by atoms with Crippen molar-refractivity contribution in [2.24, 2.45) is 0 Å². The molecular weight excluding hydrogens is 360 g/mol. The molecule has 0 aliphatic heterocycles. The van der Waals surface area contributed by atoms with Crippen molar-refractivity contribution in [1.82, 2.24) is 5.32 Å². The van der Waals surface area contributed by atoms with Crippen LogP contribution in [0.2, 0.25) is 0 Å². The molecule has 18 heavy (non-hydrogen) atoms. The molecule has 3 nitrogen and oxygen atoms in total. The predicted molar refractivity (Wildman–Crippen MR) is 82.8 cm³/mol. The van der Waals surface area contributed by atoms with Crippen molar-refractivity contribution in [3.8, 4) is 0 Å². The van der Waals surface area contributed by atoms with E-state index in [1.807, 2.05) is 39.0 Å². The molecule has 0 radical (unpaired) electrons. The second kappa shape index (κ2) is 7.14. The summed E-state index contributed by atoms with van der Waals surface area (Å²) in [4.78, 5) is 11.9. The van der Waals surface area contributed by atoms with Crippen molar-refractivity contribution < 1.29 is 4.79 Å². The van der Waals surface area contributed by atoms with Gasteiger partial charge in [-0.05, 0) is 54.4 Å². The normalized spacial score (nSPS) is 13.8. The van der Waals surface area contributed by atoms with Gasteiger partial charge in [-0.1, -0.05) is 22.9 Å². The molecule has 0 heterocycles. The molecule has 0 aromatic heterocycles. The fraction of sp³-hybridized carbons (Fsp3) is 0.462. The Kier molecular flexibility index (Phi) is 6.15. The van der Waals surface area contributed by atoms with Crippen molar-refractivity contribution in [3.05, 3.63) is 27.1 Å². The number of halogens is 2. The molecule has 1 aromatic rings. The number of hydrogen-bond acceptors (Lipinski definition) is 2. The molecule has 0 fully saturated rings. The van der Waals surface area contributed by atoms with Gasteiger partial charge in [0.15, 0.2) is 0 Å². The summed E-state index contributed by atoms with van der Waals surface area (Å²) in [5.41, 5.74) is 0.907. The van der Waals surface area contributed by atoms with E-state index in [9.17, 15) is 4.79 Å². The Morgan fingerprint density at radius 2 is 2.00 bits per heavy atom. The largest absolute Gasteiger partial charge is 0.373 e. The average molecular weight is 378 g/mol. The number of carbonyl (C=O) groups excluding carboxylic acids is 1. The summed E-state index contributed by atoms with van der Waals surface area (Å²) in [7, 11) is 0. The van der Waals surface area contributed by atoms with Crippen LogP contribution in [0.4, 0.5) is 5.69 Å². The molecule has 1 rings (SSSR count). The zero-order valence-corrected chi connectivity index (χ0v) is 13.9. The SMILES string of the molecule is CCC(C)NC(=O)C(C)Nc1ccc(Br)cc1Br. The first-order chi connectivity index (χ1) is 8.43. The van der Waals surface area contributed by atoms with Crippen LogP contribution in [0, 0.1) is 0 Å². The standard InChI is InChI=1S/C13H18Br2N2O/c1-4-8(2)16-13(18)9(3)17-12-6-5-10(14)7-11(12)15/h5-9,17H,4H2,1-3H3,(H,16,18). The molecule has 2 unspecified atom stereocenters. The lowest BCUT2D eigenvalue weighted by molar-refractivity contribution is -0.122. The molecular formula is C13H18Br2N2O. The second-order valence-corrected chi connectivity index (χ2v) is 6.08. The van der Waals surface area contributed by atoms with Crippen LogP contribution in [0.5, 0.6) is 0 Å². The number of benzene rings is 1. The van der Waals surface area contributed by atoms with Crippen LogP contribution in [0.15, 0.2) is 27.1 Å². The third-order valence-corrected chi connectivity index (χ3v) is 3.85. The topological polar surface area (TPSA) is 41.1 Å². The van der Waals surface area contributed by atoms with Crippen LogP contribution in [-0.4, -0.2) is 18.0 Å². The van der Waals surface area contributed by atoms with Crippen molar-refractivity contribution in [3.63, 3.8) is 0 Å². The molecule has 1 amide bonds. The average Bonchev–Trinajstić information content (AvgIpc) is 2.32. The Balaban J connectivity index is 2.63. The van der Waals surface area contributed by atoms with Gasteiger partial charge in [0.05, 0.1) is 0 Å². The summed E-state index contributed by atoms with van der Waals surface area (Å²) >= 11 is 6.86. The lowest BCUT2D eigenvalue weighted by Gasteiger charge is -2.19. The summed E-state index contributed by atoms with van der Waals surface area (Å²) in [6.45, 7) is 5.90. The van der Waals surface area contributed by atoms with Gasteiger partial charge >= 0.3 is 0 Å². The monoisotopic (exact) mass is 376 g/mol. The number of anilines is 1. The van der Waals surface area contributed by atoms with Crippen molar-refractivity contribution in [2.45, 2.75) is 39.3 Å². The minimum atomic E-state index is -0.267. The number of hydrogen-bond donors (Lipinski definition) is 2. The van der Waals surface area contributed by atoms with Gasteiger partial charge < -0.3 is 10.6 Å². The van der Waals surface area contributed by atoms with Crippen LogP contribution < -0.4 is 10.6 Å². The minimum Gasteiger partial charge on any atom is -0.373 e. The summed E-state index contributed by atoms with van der Waals surface area (Å²) in [5.74, 6) is 0.0131. The highest BCUT2D eigenvalue weighted by molar-refractivity contribution is 9.11. The van der Waals surface area contributed by atoms with E-state index in [2.05, 4.69) is 42.5 Å². The van der Waals surface area contributed by atoms with Crippen LogP contribution in [0.3, 0.4) is 0 Å². The fourth-order valence-corrected chi connectivity index (χ4v) is 2.54. The summed E-state index contributed by atoms with van der Waals surface area (Å²) in [6, 6.07) is 5.75. The van der Waals surface area contributed by atoms with Crippen molar-refractivity contribution >= 4 is 43.5 Å². The second-order valence-electron chi connectivity index (χ2n) is 4.31. The Bertz CT molecular complexity index is 423. The first-order valence-electron chi connectivity index (χ1n) is 5.96. The van der Waals surface area contributed by atoms with Crippen LogP contribution >= 0.6 is 31.9 Å². The smallest absolute Gasteiger partial charge is 0.242 e. The summed E-state index contributed by atoms with van der Waals surface area (Å²) in [5, 5.41) is 6.14. The maximum absolute atomic E-state index is 11.9. The number of amides is 1. The minimum absolute atomic E-state index is 0.0131. The molecule has 2 atom stereocenters. The number of carbonyl (C=O) groups is 1. The molecule has 5 heteroatoms. The van der Waals surface area contributed by atoms with Gasteiger partial charge in [0.2, 0.25) is 5.91 Å². The first kappa shape index (κ1) is 15.5. The van der Waals surface area contributed by atoms with E-state index in [0.29, 0.717) is 0 Å². The van der Waals surface area contributed by atoms with E-state index >= 15 is 0 Å². The zero-order chi connectivity index (χ0) is 13.7. The maximum atomic E-state index is 11.9. The Labute approximate surface area is 125 Å². The van der Waals surface area contributed by atoms with Crippen LogP contribution in [0.25, 0.3) is 0 Å². The van der Waals surface area contributed by atoms with Gasteiger partial charge in [-0.2, -0.15) is 0 Å². The Morgan fingerprint density at radius 3 is 2.56 bits per heavy atom. The van der Waals surface area contributed by atoms with E-state index in [1.165, 1.54) is 0 Å². The number of nitrogens with one attached hydrogen (secondary N) is 2. The van der Waals surface area contributed by atoms with Crippen LogP contribution in [0.1, 0.15) is 27.2 Å². The molecule has 0 bridgehead atoms. The predicted octanol–water partition coefficient (Wildman–Crippen LogP) is 3.93. The molecule has 0 aliphatic carbocycles. The van der Waals surface area contributed by atoms with Gasteiger partial charge in [0, 0.05) is 20.7 Å². The third-order valence-electron chi connectivity index (χ3n) is 2.70. The zero-order valence-electron chi connectivity index (χ0n) is 10.8. The molecule has 0 spiro atoms. The van der Waals surface area contributed by atoms with Crippen molar-refractivity contribution in [1.29, 1.82) is 0 Å². The Hall–Kier alpha value is -0.550. The molecule has 1 aromatic carbocycles. The number of rotatable bonds is 5. The molecule has 0 saturated heterocycles. The van der Waals surface area contributed by atoms with E-state index in [1.54, 1.807) is 0 Å². The lowest BCUT2D eigenvalue weighted by atomic mass is 10.2. The van der Waals surface area contributed by atoms with Gasteiger partial charge in [-0.3, -0.25) is 4.79 Å². The van der Waals surface area contributed by atoms with Gasteiger partial charge in [-0.25, -0.2) is 0 Å². The maximum Gasteiger partial charge on any atom is 0.242 e. The molecule has 0 aliphatic rings. The van der Waals surface area contributed by atoms with Gasteiger partial charge in [0.1, 0.15) is 6.04 Å². The third kappa shape index (κ3) is 4.61.